The average Bonchev–Trinajstić information content (AvgIpc) is 2.48. The Kier molecular flexibility index (Phi) is 11.5. The Hall–Kier alpha value is -0.530. The van der Waals surface area contributed by atoms with Gasteiger partial charge in [0.2, 0.25) is 5.91 Å². The minimum absolute atomic E-state index is 0.142. The maximum absolute atomic E-state index is 11.2. The largest absolute Gasteiger partial charge is 0.354 e. The van der Waals surface area contributed by atoms with Crippen LogP contribution in [0, 0.1) is 11.8 Å². The van der Waals surface area contributed by atoms with Crippen LogP contribution in [0.5, 0.6) is 0 Å². The van der Waals surface area contributed by atoms with E-state index < -0.39 is 0 Å². The van der Waals surface area contributed by atoms with E-state index in [1.54, 1.807) is 6.92 Å². The van der Waals surface area contributed by atoms with Crippen LogP contribution in [0.2, 0.25) is 0 Å². The second-order valence-corrected chi connectivity index (χ2v) is 7.79. The molecule has 1 rings (SSSR count). The zero-order chi connectivity index (χ0) is 16.9. The lowest BCUT2D eigenvalue weighted by molar-refractivity contribution is -0.120. The summed E-state index contributed by atoms with van der Waals surface area (Å²) in [6, 6.07) is 0.472. The van der Waals surface area contributed by atoms with Crippen LogP contribution in [0.25, 0.3) is 0 Å². The van der Waals surface area contributed by atoms with E-state index in [4.69, 9.17) is 0 Å². The maximum Gasteiger partial charge on any atom is 0.217 e. The molecule has 1 N–H and O–H groups in total. The van der Waals surface area contributed by atoms with Gasteiger partial charge in [-0.1, -0.05) is 90.9 Å². The van der Waals surface area contributed by atoms with Gasteiger partial charge in [0, 0.05) is 13.0 Å². The van der Waals surface area contributed by atoms with Crippen molar-refractivity contribution in [2.75, 3.05) is 0 Å². The Morgan fingerprint density at radius 2 is 1.35 bits per heavy atom. The molecule has 0 aromatic heterocycles. The molecule has 0 spiro atoms. The van der Waals surface area contributed by atoms with Crippen molar-refractivity contribution in [2.24, 2.45) is 11.8 Å². The Morgan fingerprint density at radius 3 is 1.87 bits per heavy atom. The van der Waals surface area contributed by atoms with Gasteiger partial charge in [0.05, 0.1) is 0 Å². The molecule has 2 heteroatoms. The van der Waals surface area contributed by atoms with Gasteiger partial charge in [-0.3, -0.25) is 4.79 Å². The molecule has 0 heterocycles. The molecule has 0 aromatic carbocycles. The van der Waals surface area contributed by atoms with Gasteiger partial charge in [0.1, 0.15) is 0 Å². The van der Waals surface area contributed by atoms with Crippen LogP contribution in [0.1, 0.15) is 111 Å². The molecule has 0 aliphatic heterocycles. The number of nitrogens with one attached hydrogen (secondary N) is 1. The molecular weight excluding hydrogens is 282 g/mol. The van der Waals surface area contributed by atoms with Crippen LogP contribution >= 0.6 is 0 Å². The number of carbonyl (C=O) groups is 1. The fourth-order valence-corrected chi connectivity index (χ4v) is 4.09. The Bertz CT molecular complexity index is 296. The molecular formula is C21H41NO. The molecule has 1 amide bonds. The summed E-state index contributed by atoms with van der Waals surface area (Å²) in [6.45, 7) is 6.22. The molecule has 0 bridgehead atoms. The summed E-state index contributed by atoms with van der Waals surface area (Å²) in [6.07, 6.45) is 19.3. The third kappa shape index (κ3) is 9.37. The zero-order valence-corrected chi connectivity index (χ0v) is 16.0. The van der Waals surface area contributed by atoms with Gasteiger partial charge in [-0.05, 0) is 24.7 Å². The molecule has 1 atom stereocenters. The first-order chi connectivity index (χ1) is 11.2. The Labute approximate surface area is 145 Å². The van der Waals surface area contributed by atoms with Gasteiger partial charge < -0.3 is 5.32 Å². The van der Waals surface area contributed by atoms with Gasteiger partial charge in [0.15, 0.2) is 0 Å². The van der Waals surface area contributed by atoms with Crippen molar-refractivity contribution in [3.63, 3.8) is 0 Å². The second kappa shape index (κ2) is 12.8. The maximum atomic E-state index is 11.2. The van der Waals surface area contributed by atoms with Crippen LogP contribution in [0.4, 0.5) is 0 Å². The summed E-state index contributed by atoms with van der Waals surface area (Å²) < 4.78 is 0. The summed E-state index contributed by atoms with van der Waals surface area (Å²) in [5, 5.41) is 3.09. The lowest BCUT2D eigenvalue weighted by Crippen LogP contribution is -2.45. The molecule has 0 radical (unpaired) electrons. The fourth-order valence-electron chi connectivity index (χ4n) is 4.09. The van der Waals surface area contributed by atoms with Crippen LogP contribution in [0.15, 0.2) is 0 Å². The molecule has 1 aliphatic rings. The summed E-state index contributed by atoms with van der Waals surface area (Å²) in [5.41, 5.74) is 0. The van der Waals surface area contributed by atoms with E-state index in [2.05, 4.69) is 19.2 Å². The summed E-state index contributed by atoms with van der Waals surface area (Å²) in [7, 11) is 0. The number of amides is 1. The molecule has 136 valence electrons. The van der Waals surface area contributed by atoms with Crippen LogP contribution in [-0.2, 0) is 4.79 Å². The predicted octanol–water partition coefficient (Wildman–Crippen LogP) is 6.24. The first kappa shape index (κ1) is 20.5. The molecule has 2 nitrogen and oxygen atoms in total. The highest BCUT2D eigenvalue weighted by Gasteiger charge is 2.34. The van der Waals surface area contributed by atoms with Crippen molar-refractivity contribution in [1.82, 2.24) is 5.32 Å². The minimum Gasteiger partial charge on any atom is -0.354 e. The van der Waals surface area contributed by atoms with E-state index in [-0.39, 0.29) is 5.91 Å². The Balaban J connectivity index is 2.22. The van der Waals surface area contributed by atoms with E-state index in [0.29, 0.717) is 6.04 Å². The third-order valence-corrected chi connectivity index (χ3v) is 5.61. The topological polar surface area (TPSA) is 29.1 Å². The smallest absolute Gasteiger partial charge is 0.217 e. The van der Waals surface area contributed by atoms with E-state index >= 15 is 0 Å². The first-order valence-corrected chi connectivity index (χ1v) is 10.4. The number of hydrogen-bond donors (Lipinski definition) is 1. The standard InChI is InChI=1S/C21H41NO/c1-4-6-8-10-11-13-15-19(14-12-9-7-5-2)20-16-21(17-20)22-18(3)23/h19-21H,4-17H2,1-3H3,(H,22,23). The fraction of sp³-hybridized carbons (Fsp3) is 0.952. The number of unbranched alkanes of at least 4 members (excludes halogenated alkanes) is 8. The summed E-state index contributed by atoms with van der Waals surface area (Å²) in [5.74, 6) is 1.94. The molecule has 1 saturated carbocycles. The molecule has 0 saturated heterocycles. The SMILES string of the molecule is CCCCCCCCC(CCCCCC)C1CC(NC(C)=O)C1. The van der Waals surface area contributed by atoms with Crippen LogP contribution in [-0.4, -0.2) is 11.9 Å². The molecule has 1 fully saturated rings. The highest BCUT2D eigenvalue weighted by atomic mass is 16.1. The van der Waals surface area contributed by atoms with Crippen LogP contribution < -0.4 is 5.32 Å². The van der Waals surface area contributed by atoms with Crippen LogP contribution in [0.3, 0.4) is 0 Å². The highest BCUT2D eigenvalue weighted by molar-refractivity contribution is 5.73. The van der Waals surface area contributed by atoms with E-state index in [1.165, 1.54) is 89.9 Å². The van der Waals surface area contributed by atoms with Gasteiger partial charge in [0.25, 0.3) is 0 Å². The minimum atomic E-state index is 0.142. The average molecular weight is 324 g/mol. The van der Waals surface area contributed by atoms with E-state index in [1.807, 2.05) is 0 Å². The monoisotopic (exact) mass is 323 g/mol. The van der Waals surface area contributed by atoms with Crippen molar-refractivity contribution >= 4 is 5.91 Å². The van der Waals surface area contributed by atoms with E-state index in [0.717, 1.165) is 11.8 Å². The number of rotatable bonds is 14. The van der Waals surface area contributed by atoms with Crippen molar-refractivity contribution in [2.45, 2.75) is 117 Å². The van der Waals surface area contributed by atoms with Crippen molar-refractivity contribution in [3.8, 4) is 0 Å². The highest BCUT2D eigenvalue weighted by Crippen LogP contribution is 2.39. The zero-order valence-electron chi connectivity index (χ0n) is 16.0. The molecule has 1 aliphatic carbocycles. The predicted molar refractivity (Wildman–Crippen MR) is 101 cm³/mol. The Morgan fingerprint density at radius 1 is 0.870 bits per heavy atom. The van der Waals surface area contributed by atoms with Crippen molar-refractivity contribution in [3.05, 3.63) is 0 Å². The van der Waals surface area contributed by atoms with Gasteiger partial charge in [-0.25, -0.2) is 0 Å². The van der Waals surface area contributed by atoms with Gasteiger partial charge >= 0.3 is 0 Å². The van der Waals surface area contributed by atoms with Gasteiger partial charge in [-0.2, -0.15) is 0 Å². The molecule has 23 heavy (non-hydrogen) atoms. The lowest BCUT2D eigenvalue weighted by Gasteiger charge is -2.41. The van der Waals surface area contributed by atoms with Gasteiger partial charge in [-0.15, -0.1) is 0 Å². The van der Waals surface area contributed by atoms with E-state index in [9.17, 15) is 4.79 Å². The normalized spacial score (nSPS) is 21.7. The number of carbonyl (C=O) groups excluding carboxylic acids is 1. The van der Waals surface area contributed by atoms with Crippen molar-refractivity contribution in [1.29, 1.82) is 0 Å². The lowest BCUT2D eigenvalue weighted by atomic mass is 9.69. The quantitative estimate of drug-likeness (QED) is 0.377. The first-order valence-electron chi connectivity index (χ1n) is 10.4. The summed E-state index contributed by atoms with van der Waals surface area (Å²) in [4.78, 5) is 11.2. The third-order valence-electron chi connectivity index (χ3n) is 5.61. The second-order valence-electron chi connectivity index (χ2n) is 7.79. The summed E-state index contributed by atoms with van der Waals surface area (Å²) >= 11 is 0. The molecule has 0 aromatic rings. The number of hydrogen-bond acceptors (Lipinski definition) is 1. The van der Waals surface area contributed by atoms with Crippen molar-refractivity contribution < 1.29 is 4.79 Å². The molecule has 1 unspecified atom stereocenters.